The van der Waals surface area contributed by atoms with Gasteiger partial charge in [-0.15, -0.1) is 23.7 Å². The van der Waals surface area contributed by atoms with Crippen molar-refractivity contribution in [3.63, 3.8) is 0 Å². The summed E-state index contributed by atoms with van der Waals surface area (Å²) in [6, 6.07) is 0.237. The lowest BCUT2D eigenvalue weighted by atomic mass is 10.2. The average Bonchev–Trinajstić information content (AvgIpc) is 2.74. The van der Waals surface area contributed by atoms with Gasteiger partial charge in [-0.25, -0.2) is 4.98 Å². The Morgan fingerprint density at radius 2 is 2.31 bits per heavy atom. The molecule has 0 spiro atoms. The van der Waals surface area contributed by atoms with Gasteiger partial charge in [-0.3, -0.25) is 4.79 Å². The predicted molar refractivity (Wildman–Crippen MR) is 69.1 cm³/mol. The van der Waals surface area contributed by atoms with Gasteiger partial charge in [0.15, 0.2) is 0 Å². The van der Waals surface area contributed by atoms with Crippen molar-refractivity contribution >= 4 is 29.7 Å². The van der Waals surface area contributed by atoms with E-state index in [2.05, 4.69) is 11.9 Å². The standard InChI is InChI=1S/C10H17N3OS.ClH/c1-4-7(2)13(3)10(14)8-6-15-9(5-11)12-8;/h6-7H,4-5,11H2,1-3H3;1H. The number of carbonyl (C=O) groups is 1. The van der Waals surface area contributed by atoms with Gasteiger partial charge in [0.2, 0.25) is 0 Å². The van der Waals surface area contributed by atoms with E-state index in [0.29, 0.717) is 12.2 Å². The number of aromatic nitrogens is 1. The summed E-state index contributed by atoms with van der Waals surface area (Å²) in [6.07, 6.45) is 0.941. The SMILES string of the molecule is CCC(C)N(C)C(=O)c1csc(CN)n1.Cl. The van der Waals surface area contributed by atoms with Crippen LogP contribution in [0.5, 0.6) is 0 Å². The molecule has 0 aromatic carbocycles. The predicted octanol–water partition coefficient (Wildman–Crippen LogP) is 1.89. The summed E-state index contributed by atoms with van der Waals surface area (Å²) in [6.45, 7) is 4.47. The molecular formula is C10H18ClN3OS. The Hall–Kier alpha value is -0.650. The van der Waals surface area contributed by atoms with Crippen LogP contribution in [-0.2, 0) is 6.54 Å². The van der Waals surface area contributed by atoms with Crippen LogP contribution < -0.4 is 5.73 Å². The van der Waals surface area contributed by atoms with Gasteiger partial charge in [-0.1, -0.05) is 6.92 Å². The molecule has 0 saturated carbocycles. The molecule has 1 amide bonds. The minimum Gasteiger partial charge on any atom is -0.338 e. The highest BCUT2D eigenvalue weighted by Gasteiger charge is 2.18. The number of carbonyl (C=O) groups excluding carboxylic acids is 1. The summed E-state index contributed by atoms with van der Waals surface area (Å²) in [7, 11) is 1.80. The van der Waals surface area contributed by atoms with Crippen molar-refractivity contribution in [3.8, 4) is 0 Å². The zero-order chi connectivity index (χ0) is 11.4. The Morgan fingerprint density at radius 3 is 2.75 bits per heavy atom. The molecule has 1 heterocycles. The molecule has 16 heavy (non-hydrogen) atoms. The Bertz CT molecular complexity index is 343. The maximum atomic E-state index is 11.9. The maximum absolute atomic E-state index is 11.9. The van der Waals surface area contributed by atoms with E-state index < -0.39 is 0 Å². The second kappa shape index (κ2) is 6.83. The molecule has 0 fully saturated rings. The molecule has 92 valence electrons. The third-order valence-electron chi connectivity index (χ3n) is 2.52. The lowest BCUT2D eigenvalue weighted by Gasteiger charge is -2.22. The summed E-state index contributed by atoms with van der Waals surface area (Å²) >= 11 is 1.43. The van der Waals surface area contributed by atoms with Crippen LogP contribution in [0.15, 0.2) is 5.38 Å². The average molecular weight is 264 g/mol. The van der Waals surface area contributed by atoms with E-state index in [4.69, 9.17) is 5.73 Å². The van der Waals surface area contributed by atoms with Gasteiger partial charge in [0, 0.05) is 25.0 Å². The number of rotatable bonds is 4. The summed E-state index contributed by atoms with van der Waals surface area (Å²) in [5, 5.41) is 2.57. The van der Waals surface area contributed by atoms with Crippen LogP contribution in [0.1, 0.15) is 35.8 Å². The van der Waals surface area contributed by atoms with E-state index in [1.807, 2.05) is 6.92 Å². The van der Waals surface area contributed by atoms with Crippen LogP contribution in [0.4, 0.5) is 0 Å². The van der Waals surface area contributed by atoms with Crippen LogP contribution >= 0.6 is 23.7 Å². The fourth-order valence-corrected chi connectivity index (χ4v) is 1.81. The summed E-state index contributed by atoms with van der Waals surface area (Å²) < 4.78 is 0. The molecule has 2 N–H and O–H groups in total. The van der Waals surface area contributed by atoms with Crippen molar-refractivity contribution in [1.82, 2.24) is 9.88 Å². The van der Waals surface area contributed by atoms with Gasteiger partial charge in [0.1, 0.15) is 10.7 Å². The quantitative estimate of drug-likeness (QED) is 0.903. The van der Waals surface area contributed by atoms with Crippen molar-refractivity contribution in [2.75, 3.05) is 7.05 Å². The van der Waals surface area contributed by atoms with Crippen molar-refractivity contribution in [3.05, 3.63) is 16.1 Å². The number of hydrogen-bond acceptors (Lipinski definition) is 4. The Balaban J connectivity index is 0.00000225. The number of thiazole rings is 1. The second-order valence-electron chi connectivity index (χ2n) is 3.50. The zero-order valence-electron chi connectivity index (χ0n) is 9.77. The number of amides is 1. The molecule has 0 aliphatic rings. The van der Waals surface area contributed by atoms with Gasteiger partial charge in [-0.2, -0.15) is 0 Å². The van der Waals surface area contributed by atoms with E-state index in [1.54, 1.807) is 17.3 Å². The lowest BCUT2D eigenvalue weighted by molar-refractivity contribution is 0.0735. The van der Waals surface area contributed by atoms with E-state index in [-0.39, 0.29) is 24.4 Å². The number of nitrogens with two attached hydrogens (primary N) is 1. The number of nitrogens with zero attached hydrogens (tertiary/aromatic N) is 2. The minimum absolute atomic E-state index is 0. The molecular weight excluding hydrogens is 246 g/mol. The molecule has 0 saturated heterocycles. The second-order valence-corrected chi connectivity index (χ2v) is 4.45. The van der Waals surface area contributed by atoms with E-state index >= 15 is 0 Å². The monoisotopic (exact) mass is 263 g/mol. The molecule has 0 aliphatic carbocycles. The molecule has 1 atom stereocenters. The molecule has 4 nitrogen and oxygen atoms in total. The fourth-order valence-electron chi connectivity index (χ4n) is 1.16. The van der Waals surface area contributed by atoms with Crippen LogP contribution in [0.25, 0.3) is 0 Å². The highest BCUT2D eigenvalue weighted by Crippen LogP contribution is 2.12. The van der Waals surface area contributed by atoms with Gasteiger partial charge in [-0.05, 0) is 13.3 Å². The largest absolute Gasteiger partial charge is 0.338 e. The third kappa shape index (κ3) is 3.43. The fraction of sp³-hybridized carbons (Fsp3) is 0.600. The molecule has 0 bridgehead atoms. The summed E-state index contributed by atoms with van der Waals surface area (Å²) in [4.78, 5) is 17.8. The van der Waals surface area contributed by atoms with Crippen LogP contribution in [0.2, 0.25) is 0 Å². The van der Waals surface area contributed by atoms with Gasteiger partial charge in [0.25, 0.3) is 5.91 Å². The molecule has 1 aromatic heterocycles. The first-order valence-electron chi connectivity index (χ1n) is 5.01. The smallest absolute Gasteiger partial charge is 0.273 e. The molecule has 0 radical (unpaired) electrons. The zero-order valence-corrected chi connectivity index (χ0v) is 11.4. The van der Waals surface area contributed by atoms with Crippen molar-refractivity contribution in [1.29, 1.82) is 0 Å². The van der Waals surface area contributed by atoms with E-state index in [1.165, 1.54) is 11.3 Å². The van der Waals surface area contributed by atoms with E-state index in [0.717, 1.165) is 11.4 Å². The van der Waals surface area contributed by atoms with Crippen molar-refractivity contribution in [2.45, 2.75) is 32.9 Å². The Kier molecular flexibility index (Phi) is 6.55. The van der Waals surface area contributed by atoms with Gasteiger partial charge in [0.05, 0.1) is 0 Å². The van der Waals surface area contributed by atoms with Crippen molar-refractivity contribution in [2.24, 2.45) is 5.73 Å². The Morgan fingerprint density at radius 1 is 1.69 bits per heavy atom. The van der Waals surface area contributed by atoms with Crippen LogP contribution in [0, 0.1) is 0 Å². The number of halogens is 1. The highest BCUT2D eigenvalue weighted by molar-refractivity contribution is 7.09. The molecule has 1 aromatic rings. The normalized spacial score (nSPS) is 11.8. The van der Waals surface area contributed by atoms with E-state index in [9.17, 15) is 4.79 Å². The topological polar surface area (TPSA) is 59.2 Å². The first kappa shape index (κ1) is 15.3. The molecule has 1 unspecified atom stereocenters. The van der Waals surface area contributed by atoms with Crippen LogP contribution in [0.3, 0.4) is 0 Å². The maximum Gasteiger partial charge on any atom is 0.273 e. The lowest BCUT2D eigenvalue weighted by Crippen LogP contribution is -2.34. The van der Waals surface area contributed by atoms with Gasteiger partial charge < -0.3 is 10.6 Å². The number of hydrogen-bond donors (Lipinski definition) is 1. The summed E-state index contributed by atoms with van der Waals surface area (Å²) in [5.41, 5.74) is 5.95. The minimum atomic E-state index is -0.0275. The van der Waals surface area contributed by atoms with Crippen molar-refractivity contribution < 1.29 is 4.79 Å². The summed E-state index contributed by atoms with van der Waals surface area (Å²) in [5.74, 6) is -0.0275. The molecule has 0 aliphatic heterocycles. The third-order valence-corrected chi connectivity index (χ3v) is 3.39. The van der Waals surface area contributed by atoms with Gasteiger partial charge >= 0.3 is 0 Å². The first-order chi connectivity index (χ1) is 7.10. The Labute approximate surface area is 106 Å². The highest BCUT2D eigenvalue weighted by atomic mass is 35.5. The first-order valence-corrected chi connectivity index (χ1v) is 5.89. The molecule has 1 rings (SSSR count). The van der Waals surface area contributed by atoms with Crippen LogP contribution in [-0.4, -0.2) is 28.9 Å². The molecule has 6 heteroatoms.